The van der Waals surface area contributed by atoms with Crippen LogP contribution in [0.3, 0.4) is 0 Å². The minimum atomic E-state index is -0.590. The van der Waals surface area contributed by atoms with E-state index in [-0.39, 0.29) is 11.3 Å². The summed E-state index contributed by atoms with van der Waals surface area (Å²) in [4.78, 5) is 24.1. The highest BCUT2D eigenvalue weighted by molar-refractivity contribution is 5.98. The summed E-state index contributed by atoms with van der Waals surface area (Å²) in [6.45, 7) is 3.51. The number of methoxy groups -OCH3 is 4. The lowest BCUT2D eigenvalue weighted by atomic mass is 10.1. The lowest BCUT2D eigenvalue weighted by Crippen LogP contribution is -2.15. The maximum atomic E-state index is 12.4. The van der Waals surface area contributed by atoms with Gasteiger partial charge in [0.05, 0.1) is 39.6 Å². The number of rotatable bonds is 6. The van der Waals surface area contributed by atoms with E-state index in [0.717, 1.165) is 0 Å². The number of amides is 1. The van der Waals surface area contributed by atoms with Crippen LogP contribution in [0.4, 0.5) is 0 Å². The lowest BCUT2D eigenvalue weighted by Gasteiger charge is -2.21. The average molecular weight is 362 g/mol. The number of primary amides is 1. The van der Waals surface area contributed by atoms with Gasteiger partial charge < -0.3 is 29.2 Å². The summed E-state index contributed by atoms with van der Waals surface area (Å²) in [6.07, 6.45) is 0. The number of benzene rings is 1. The van der Waals surface area contributed by atoms with Crippen molar-refractivity contribution in [2.24, 2.45) is 5.73 Å². The van der Waals surface area contributed by atoms with E-state index >= 15 is 0 Å². The van der Waals surface area contributed by atoms with Crippen molar-refractivity contribution in [3.05, 3.63) is 34.6 Å². The molecule has 0 unspecified atom stereocenters. The molecule has 0 radical (unpaired) electrons. The molecule has 0 fully saturated rings. The molecule has 0 spiro atoms. The first-order valence-electron chi connectivity index (χ1n) is 7.72. The number of hydrogen-bond donors (Lipinski definition) is 1. The first-order valence-corrected chi connectivity index (χ1v) is 7.72. The number of hydrogen-bond acceptors (Lipinski definition) is 6. The molecule has 0 aliphatic heterocycles. The molecule has 0 atom stereocenters. The van der Waals surface area contributed by atoms with E-state index in [0.29, 0.717) is 34.1 Å². The summed E-state index contributed by atoms with van der Waals surface area (Å²) < 4.78 is 22.9. The van der Waals surface area contributed by atoms with Crippen molar-refractivity contribution >= 4 is 11.9 Å². The molecule has 1 aromatic heterocycles. The molecule has 0 saturated heterocycles. The highest BCUT2D eigenvalue weighted by Crippen LogP contribution is 2.45. The first-order chi connectivity index (χ1) is 12.3. The lowest BCUT2D eigenvalue weighted by molar-refractivity contribution is 0.0599. The Balaban J connectivity index is 2.99. The predicted molar refractivity (Wildman–Crippen MR) is 94.8 cm³/mol. The number of carbonyl (C=O) groups is 2. The molecule has 2 aromatic rings. The molecule has 0 aliphatic rings. The van der Waals surface area contributed by atoms with Gasteiger partial charge in [-0.3, -0.25) is 4.79 Å². The Labute approximate surface area is 151 Å². The molecular weight excluding hydrogens is 340 g/mol. The smallest absolute Gasteiger partial charge is 0.340 e. The monoisotopic (exact) mass is 362 g/mol. The molecule has 26 heavy (non-hydrogen) atoms. The van der Waals surface area contributed by atoms with Gasteiger partial charge in [0.15, 0.2) is 11.5 Å². The second-order valence-electron chi connectivity index (χ2n) is 5.52. The molecule has 1 amide bonds. The molecule has 0 saturated carbocycles. The maximum Gasteiger partial charge on any atom is 0.340 e. The number of carbonyl (C=O) groups excluding carboxylic acids is 2. The third kappa shape index (κ3) is 2.94. The Morgan fingerprint density at radius 2 is 1.54 bits per heavy atom. The highest BCUT2D eigenvalue weighted by Gasteiger charge is 2.28. The van der Waals surface area contributed by atoms with Gasteiger partial charge in [-0.2, -0.15) is 0 Å². The quantitative estimate of drug-likeness (QED) is 0.789. The predicted octanol–water partition coefficient (Wildman–Crippen LogP) is 2.01. The first kappa shape index (κ1) is 19.2. The van der Waals surface area contributed by atoms with Crippen molar-refractivity contribution in [1.29, 1.82) is 0 Å². The fraction of sp³-hybridized carbons (Fsp3) is 0.333. The number of ether oxygens (including phenoxy) is 4. The van der Waals surface area contributed by atoms with Gasteiger partial charge in [0.2, 0.25) is 5.75 Å². The number of aryl methyl sites for hydroxylation is 1. The summed E-state index contributed by atoms with van der Waals surface area (Å²) >= 11 is 0. The van der Waals surface area contributed by atoms with E-state index in [1.54, 1.807) is 24.5 Å². The fourth-order valence-corrected chi connectivity index (χ4v) is 2.98. The molecule has 8 nitrogen and oxygen atoms in total. The average Bonchev–Trinajstić information content (AvgIpc) is 2.93. The molecule has 2 N–H and O–H groups in total. The van der Waals surface area contributed by atoms with Crippen LogP contribution in [0.5, 0.6) is 17.2 Å². The Bertz CT molecular complexity index is 869. The van der Waals surface area contributed by atoms with Crippen LogP contribution in [-0.4, -0.2) is 44.9 Å². The minimum absolute atomic E-state index is 0.194. The Kier molecular flexibility index (Phi) is 5.44. The number of nitrogens with two attached hydrogens (primary N) is 1. The van der Waals surface area contributed by atoms with Crippen LogP contribution >= 0.6 is 0 Å². The van der Waals surface area contributed by atoms with E-state index in [9.17, 15) is 9.59 Å². The second-order valence-corrected chi connectivity index (χ2v) is 5.52. The van der Waals surface area contributed by atoms with Gasteiger partial charge in [0.1, 0.15) is 5.69 Å². The van der Waals surface area contributed by atoms with E-state index in [2.05, 4.69) is 0 Å². The molecule has 1 heterocycles. The van der Waals surface area contributed by atoms with Crippen molar-refractivity contribution in [1.82, 2.24) is 4.57 Å². The van der Waals surface area contributed by atoms with Crippen molar-refractivity contribution in [2.75, 3.05) is 28.4 Å². The summed E-state index contributed by atoms with van der Waals surface area (Å²) in [5.74, 6) is -0.266. The summed E-state index contributed by atoms with van der Waals surface area (Å²) in [7, 11) is 5.64. The SMILES string of the molecule is COC(=O)c1cc(OC)c(OC)c(OC)c1-n1c(C)cc(C(N)=O)c1C. The van der Waals surface area contributed by atoms with Crippen LogP contribution in [0.15, 0.2) is 12.1 Å². The zero-order chi connectivity index (χ0) is 19.6. The van der Waals surface area contributed by atoms with Gasteiger partial charge in [0, 0.05) is 17.5 Å². The third-order valence-corrected chi connectivity index (χ3v) is 4.13. The molecule has 8 heteroatoms. The Morgan fingerprint density at radius 3 is 1.96 bits per heavy atom. The van der Waals surface area contributed by atoms with Crippen molar-refractivity contribution in [3.63, 3.8) is 0 Å². The number of aromatic nitrogens is 1. The van der Waals surface area contributed by atoms with E-state index in [4.69, 9.17) is 24.7 Å². The minimum Gasteiger partial charge on any atom is -0.493 e. The van der Waals surface area contributed by atoms with Gasteiger partial charge in [-0.15, -0.1) is 0 Å². The molecule has 1 aromatic carbocycles. The fourth-order valence-electron chi connectivity index (χ4n) is 2.98. The molecule has 140 valence electrons. The normalized spacial score (nSPS) is 10.4. The van der Waals surface area contributed by atoms with E-state index in [1.807, 2.05) is 0 Å². The summed E-state index contributed by atoms with van der Waals surface area (Å²) in [5, 5.41) is 0. The van der Waals surface area contributed by atoms with Crippen LogP contribution in [0.2, 0.25) is 0 Å². The largest absolute Gasteiger partial charge is 0.493 e. The maximum absolute atomic E-state index is 12.4. The zero-order valence-corrected chi connectivity index (χ0v) is 15.6. The van der Waals surface area contributed by atoms with Gasteiger partial charge >= 0.3 is 5.97 Å². The highest BCUT2D eigenvalue weighted by atomic mass is 16.5. The molecule has 0 bridgehead atoms. The number of esters is 1. The Hall–Kier alpha value is -3.16. The van der Waals surface area contributed by atoms with Gasteiger partial charge in [-0.25, -0.2) is 4.79 Å². The van der Waals surface area contributed by atoms with E-state index < -0.39 is 11.9 Å². The van der Waals surface area contributed by atoms with Crippen molar-refractivity contribution in [3.8, 4) is 22.9 Å². The van der Waals surface area contributed by atoms with Crippen LogP contribution < -0.4 is 19.9 Å². The topological polar surface area (TPSA) is 102 Å². The number of nitrogens with zero attached hydrogens (tertiary/aromatic N) is 1. The van der Waals surface area contributed by atoms with Crippen LogP contribution in [-0.2, 0) is 4.74 Å². The molecular formula is C18H22N2O6. The zero-order valence-electron chi connectivity index (χ0n) is 15.6. The third-order valence-electron chi connectivity index (χ3n) is 4.13. The summed E-state index contributed by atoms with van der Waals surface area (Å²) in [6, 6.07) is 3.15. The van der Waals surface area contributed by atoms with Crippen molar-refractivity contribution in [2.45, 2.75) is 13.8 Å². The molecule has 2 rings (SSSR count). The van der Waals surface area contributed by atoms with Crippen LogP contribution in [0.25, 0.3) is 5.69 Å². The van der Waals surface area contributed by atoms with Gasteiger partial charge in [-0.1, -0.05) is 0 Å². The standard InChI is InChI=1S/C18H22N2O6/c1-9-7-11(17(19)21)10(2)20(9)14-12(18(22)26-6)8-13(23-3)15(24-4)16(14)25-5/h7-8H,1-6H3,(H2,19,21). The second kappa shape index (κ2) is 7.38. The van der Waals surface area contributed by atoms with Crippen molar-refractivity contribution < 1.29 is 28.5 Å². The Morgan fingerprint density at radius 1 is 0.923 bits per heavy atom. The van der Waals surface area contributed by atoms with E-state index in [1.165, 1.54) is 34.5 Å². The van der Waals surface area contributed by atoms with Gasteiger partial charge in [0.25, 0.3) is 5.91 Å². The van der Waals surface area contributed by atoms with Crippen LogP contribution in [0.1, 0.15) is 32.1 Å². The summed E-state index contributed by atoms with van der Waals surface area (Å²) in [5.41, 5.74) is 7.61. The molecule has 0 aliphatic carbocycles. The van der Waals surface area contributed by atoms with Gasteiger partial charge in [-0.05, 0) is 19.9 Å². The van der Waals surface area contributed by atoms with Crippen LogP contribution in [0, 0.1) is 13.8 Å².